The van der Waals surface area contributed by atoms with Crippen LogP contribution in [-0.4, -0.2) is 11.9 Å². The van der Waals surface area contributed by atoms with Crippen LogP contribution in [0.5, 0.6) is 0 Å². The average molecular weight is 343 g/mol. The Labute approximate surface area is 151 Å². The number of hydrogen-bond donors (Lipinski definition) is 1. The lowest BCUT2D eigenvalue weighted by Gasteiger charge is -2.15. The largest absolute Gasteiger partial charge is 0.449 e. The molecule has 4 heteroatoms. The van der Waals surface area contributed by atoms with Gasteiger partial charge in [-0.15, -0.1) is 0 Å². The molecule has 4 nitrogen and oxygen atoms in total. The van der Waals surface area contributed by atoms with Gasteiger partial charge in [-0.25, -0.2) is 4.79 Å². The lowest BCUT2D eigenvalue weighted by molar-refractivity contribution is -0.114. The third-order valence-electron chi connectivity index (χ3n) is 4.44. The number of rotatable bonds is 3. The quantitative estimate of drug-likeness (QED) is 0.709. The summed E-state index contributed by atoms with van der Waals surface area (Å²) in [5.74, 6) is -0.546. The summed E-state index contributed by atoms with van der Waals surface area (Å²) in [5.41, 5.74) is 5.28. The Bertz CT molecular complexity index is 947. The van der Waals surface area contributed by atoms with Crippen LogP contribution in [0.4, 0.5) is 5.69 Å². The van der Waals surface area contributed by atoms with Crippen molar-refractivity contribution < 1.29 is 14.3 Å². The van der Waals surface area contributed by atoms with Crippen LogP contribution in [0.15, 0.2) is 72.8 Å². The molecule has 1 aliphatic rings. The highest BCUT2D eigenvalue weighted by Crippen LogP contribution is 2.45. The first kappa shape index (κ1) is 16.1. The average Bonchev–Trinajstić information content (AvgIpc) is 2.96. The van der Waals surface area contributed by atoms with Crippen LogP contribution in [-0.2, 0) is 9.53 Å². The van der Waals surface area contributed by atoms with Gasteiger partial charge < -0.3 is 10.1 Å². The Morgan fingerprint density at radius 1 is 0.808 bits per heavy atom. The van der Waals surface area contributed by atoms with Crippen LogP contribution >= 0.6 is 0 Å². The van der Waals surface area contributed by atoms with Crippen molar-refractivity contribution in [2.45, 2.75) is 13.0 Å². The number of benzene rings is 3. The summed E-state index contributed by atoms with van der Waals surface area (Å²) in [6, 6.07) is 22.6. The first-order chi connectivity index (χ1) is 12.6. The lowest BCUT2D eigenvalue weighted by atomic mass is 10.1. The molecular weight excluding hydrogens is 326 g/mol. The number of nitrogens with one attached hydrogen (secondary N) is 1. The number of amides is 1. The zero-order chi connectivity index (χ0) is 18.1. The van der Waals surface area contributed by atoms with Gasteiger partial charge in [-0.1, -0.05) is 48.5 Å². The van der Waals surface area contributed by atoms with Crippen LogP contribution in [0.25, 0.3) is 11.1 Å². The second-order valence-electron chi connectivity index (χ2n) is 6.22. The molecule has 0 heterocycles. The van der Waals surface area contributed by atoms with Crippen LogP contribution in [0, 0.1) is 0 Å². The van der Waals surface area contributed by atoms with Gasteiger partial charge in [0.2, 0.25) is 5.91 Å². The van der Waals surface area contributed by atoms with E-state index in [0.717, 1.165) is 22.3 Å². The van der Waals surface area contributed by atoms with E-state index >= 15 is 0 Å². The van der Waals surface area contributed by atoms with Crippen LogP contribution < -0.4 is 5.32 Å². The van der Waals surface area contributed by atoms with E-state index in [2.05, 4.69) is 5.32 Å². The van der Waals surface area contributed by atoms with Gasteiger partial charge in [-0.05, 0) is 35.4 Å². The first-order valence-corrected chi connectivity index (χ1v) is 8.40. The minimum atomic E-state index is -0.412. The van der Waals surface area contributed by atoms with Crippen molar-refractivity contribution in [3.05, 3.63) is 89.5 Å². The Hall–Kier alpha value is -3.40. The lowest BCUT2D eigenvalue weighted by Crippen LogP contribution is -2.11. The standard InChI is InChI=1S/C22H17NO3/c1-14(24)23-16-12-10-15(11-13-16)22(25)26-21-19-8-4-2-6-17(19)18-7-3-5-9-20(18)21/h2-13,21H,1H3,(H,23,24). The van der Waals surface area contributed by atoms with Gasteiger partial charge in [0.1, 0.15) is 0 Å². The van der Waals surface area contributed by atoms with Crippen molar-refractivity contribution in [3.8, 4) is 11.1 Å². The van der Waals surface area contributed by atoms with E-state index in [1.165, 1.54) is 6.92 Å². The SMILES string of the molecule is CC(=O)Nc1ccc(C(=O)OC2c3ccccc3-c3ccccc32)cc1. The molecule has 128 valence electrons. The Balaban J connectivity index is 1.61. The molecule has 1 aliphatic carbocycles. The molecule has 0 saturated heterocycles. The number of fused-ring (bicyclic) bond motifs is 3. The molecule has 0 aromatic heterocycles. The third kappa shape index (κ3) is 2.86. The van der Waals surface area contributed by atoms with Crippen molar-refractivity contribution >= 4 is 17.6 Å². The Morgan fingerprint density at radius 3 is 1.88 bits per heavy atom. The van der Waals surface area contributed by atoms with Gasteiger partial charge in [0.15, 0.2) is 6.10 Å². The molecule has 0 atom stereocenters. The molecule has 0 saturated carbocycles. The summed E-state index contributed by atoms with van der Waals surface area (Å²) in [6.45, 7) is 1.44. The van der Waals surface area contributed by atoms with Gasteiger partial charge in [0.25, 0.3) is 0 Å². The molecule has 0 spiro atoms. The zero-order valence-corrected chi connectivity index (χ0v) is 14.2. The third-order valence-corrected chi connectivity index (χ3v) is 4.44. The van der Waals surface area contributed by atoms with Crippen LogP contribution in [0.1, 0.15) is 34.5 Å². The molecule has 1 amide bonds. The fourth-order valence-electron chi connectivity index (χ4n) is 3.30. The molecule has 0 unspecified atom stereocenters. The predicted octanol–water partition coefficient (Wildman–Crippen LogP) is 4.57. The number of anilines is 1. The molecule has 0 radical (unpaired) electrons. The fourth-order valence-corrected chi connectivity index (χ4v) is 3.30. The van der Waals surface area contributed by atoms with Crippen LogP contribution in [0.3, 0.4) is 0 Å². The second kappa shape index (κ2) is 6.48. The van der Waals surface area contributed by atoms with Gasteiger partial charge >= 0.3 is 5.97 Å². The fraction of sp³-hybridized carbons (Fsp3) is 0.0909. The maximum absolute atomic E-state index is 12.6. The summed E-state index contributed by atoms with van der Waals surface area (Å²) in [6.07, 6.45) is -0.412. The summed E-state index contributed by atoms with van der Waals surface area (Å²) >= 11 is 0. The van der Waals surface area contributed by atoms with Gasteiger partial charge in [0, 0.05) is 23.7 Å². The maximum atomic E-state index is 12.6. The van der Waals surface area contributed by atoms with E-state index in [9.17, 15) is 9.59 Å². The number of carbonyl (C=O) groups is 2. The second-order valence-corrected chi connectivity index (χ2v) is 6.22. The highest BCUT2D eigenvalue weighted by molar-refractivity contribution is 5.93. The number of carbonyl (C=O) groups excluding carboxylic acids is 2. The number of hydrogen-bond acceptors (Lipinski definition) is 3. The minimum Gasteiger partial charge on any atom is -0.449 e. The van der Waals surface area contributed by atoms with Gasteiger partial charge in [-0.3, -0.25) is 4.79 Å². The monoisotopic (exact) mass is 343 g/mol. The molecule has 0 bridgehead atoms. The zero-order valence-electron chi connectivity index (χ0n) is 14.2. The molecule has 4 rings (SSSR count). The Morgan fingerprint density at radius 2 is 1.35 bits per heavy atom. The van der Waals surface area contributed by atoms with E-state index in [0.29, 0.717) is 11.3 Å². The van der Waals surface area contributed by atoms with E-state index < -0.39 is 12.1 Å². The van der Waals surface area contributed by atoms with E-state index in [-0.39, 0.29) is 5.91 Å². The van der Waals surface area contributed by atoms with Crippen LogP contribution in [0.2, 0.25) is 0 Å². The summed E-state index contributed by atoms with van der Waals surface area (Å²) < 4.78 is 5.85. The van der Waals surface area contributed by atoms with Crippen molar-refractivity contribution in [1.82, 2.24) is 0 Å². The number of ether oxygens (including phenoxy) is 1. The minimum absolute atomic E-state index is 0.153. The number of esters is 1. The molecule has 0 aliphatic heterocycles. The van der Waals surface area contributed by atoms with Crippen molar-refractivity contribution in [1.29, 1.82) is 0 Å². The van der Waals surface area contributed by atoms with Gasteiger partial charge in [0.05, 0.1) is 5.56 Å². The Kier molecular flexibility index (Phi) is 4.01. The summed E-state index contributed by atoms with van der Waals surface area (Å²) in [5, 5.41) is 2.68. The topological polar surface area (TPSA) is 55.4 Å². The normalized spacial score (nSPS) is 12.2. The molecule has 26 heavy (non-hydrogen) atoms. The highest BCUT2D eigenvalue weighted by Gasteiger charge is 2.31. The van der Waals surface area contributed by atoms with Crippen molar-refractivity contribution in [2.24, 2.45) is 0 Å². The molecule has 3 aromatic rings. The summed E-state index contributed by atoms with van der Waals surface area (Å²) in [7, 11) is 0. The van der Waals surface area contributed by atoms with E-state index in [1.807, 2.05) is 48.5 Å². The molecule has 3 aromatic carbocycles. The first-order valence-electron chi connectivity index (χ1n) is 8.40. The molecule has 0 fully saturated rings. The highest BCUT2D eigenvalue weighted by atomic mass is 16.5. The molecule has 1 N–H and O–H groups in total. The van der Waals surface area contributed by atoms with Gasteiger partial charge in [-0.2, -0.15) is 0 Å². The van der Waals surface area contributed by atoms with E-state index in [1.54, 1.807) is 24.3 Å². The molecular formula is C22H17NO3. The summed E-state index contributed by atoms with van der Waals surface area (Å²) in [4.78, 5) is 23.7. The smallest absolute Gasteiger partial charge is 0.339 e. The predicted molar refractivity (Wildman–Crippen MR) is 99.9 cm³/mol. The maximum Gasteiger partial charge on any atom is 0.339 e. The van der Waals surface area contributed by atoms with E-state index in [4.69, 9.17) is 4.74 Å². The van der Waals surface area contributed by atoms with Crippen molar-refractivity contribution in [2.75, 3.05) is 5.32 Å². The van der Waals surface area contributed by atoms with Crippen molar-refractivity contribution in [3.63, 3.8) is 0 Å².